The van der Waals surface area contributed by atoms with Crippen molar-refractivity contribution < 1.29 is 33.1 Å². The average molecular weight is 831 g/mol. The van der Waals surface area contributed by atoms with E-state index in [0.717, 1.165) is 50.0 Å². The average Bonchev–Trinajstić information content (AvgIpc) is 3.73. The first-order valence-corrected chi connectivity index (χ1v) is 20.8. The van der Waals surface area contributed by atoms with Gasteiger partial charge in [0.2, 0.25) is 29.9 Å². The number of pyridine rings is 1. The largest absolute Gasteiger partial charge is 0.472 e. The van der Waals surface area contributed by atoms with Crippen LogP contribution in [0.1, 0.15) is 114 Å². The van der Waals surface area contributed by atoms with Crippen molar-refractivity contribution in [3.05, 3.63) is 47.6 Å². The van der Waals surface area contributed by atoms with Gasteiger partial charge in [-0.15, -0.1) is 0 Å². The number of hydrogen-bond donors (Lipinski definition) is 4. The van der Waals surface area contributed by atoms with E-state index in [-0.39, 0.29) is 50.4 Å². The van der Waals surface area contributed by atoms with Gasteiger partial charge in [0, 0.05) is 31.3 Å². The number of ketones is 1. The molecule has 3 heterocycles. The van der Waals surface area contributed by atoms with Crippen LogP contribution in [0.4, 0.5) is 6.01 Å². The van der Waals surface area contributed by atoms with E-state index in [1.807, 2.05) is 38.1 Å². The molecule has 3 fully saturated rings. The lowest BCUT2D eigenvalue weighted by molar-refractivity contribution is -0.137. The number of rotatable bonds is 13. The summed E-state index contributed by atoms with van der Waals surface area (Å²) < 4.78 is 11.7. The number of likely N-dealkylation sites (tertiary alicyclic amines) is 1. The molecular formula is C43H68ClN7O7. The maximum atomic E-state index is 13.3. The fraction of sp³-hybridized carbons (Fsp3) is 0.605. The standard InChI is InChI=1S/C26H30ClN5O4.C7H10N2O3.C4H10.C3H8.C2H6.CH4/c27-18-10-11-22(28-14-18)35-19-12-13-32(16-19)23(33)15-29-25(34)24(17-6-2-1-3-7-17)31-26-30-20-8-4-5-9-21(20)36-26;10-4-8-3-6(11)7(12)9-5-1-2-5;1-4(2)3;1-3-2;1-2;/h4-5,8-11,14,17,19,24H,1-3,6-7,12-13,15-16H2,(H,29,34)(H,30,31);4-5H,1-3H2,(H,8,10)(H,9,12);4H,1-3H3;3H2,1-2H3;1-2H3;1H4. The van der Waals surface area contributed by atoms with Gasteiger partial charge in [-0.2, -0.15) is 4.98 Å². The molecule has 324 valence electrons. The summed E-state index contributed by atoms with van der Waals surface area (Å²) in [7, 11) is 0. The maximum Gasteiger partial charge on any atom is 0.296 e. The number of ether oxygens (including phenoxy) is 1. The molecule has 1 aromatic carbocycles. The van der Waals surface area contributed by atoms with Gasteiger partial charge in [-0.05, 0) is 55.7 Å². The number of halogens is 1. The smallest absolute Gasteiger partial charge is 0.296 e. The van der Waals surface area contributed by atoms with Crippen LogP contribution in [-0.2, 0) is 24.0 Å². The summed E-state index contributed by atoms with van der Waals surface area (Å²) in [6, 6.07) is 10.9. The molecule has 2 atom stereocenters. The first kappa shape index (κ1) is 51.3. The highest BCUT2D eigenvalue weighted by Crippen LogP contribution is 2.29. The van der Waals surface area contributed by atoms with Crippen LogP contribution in [0.2, 0.25) is 5.02 Å². The molecule has 0 spiro atoms. The number of hydrogen-bond acceptors (Lipinski definition) is 10. The van der Waals surface area contributed by atoms with Crippen molar-refractivity contribution in [1.29, 1.82) is 0 Å². The lowest BCUT2D eigenvalue weighted by atomic mass is 9.83. The van der Waals surface area contributed by atoms with E-state index in [1.54, 1.807) is 17.0 Å². The molecule has 4 N–H and O–H groups in total. The Bertz CT molecular complexity index is 1610. The molecule has 0 radical (unpaired) electrons. The molecule has 4 amide bonds. The molecule has 2 aliphatic carbocycles. The Kier molecular flexibility index (Phi) is 25.3. The van der Waals surface area contributed by atoms with Gasteiger partial charge in [0.25, 0.3) is 11.9 Å². The molecule has 2 aromatic heterocycles. The number of anilines is 1. The van der Waals surface area contributed by atoms with Crippen molar-refractivity contribution >= 4 is 58.6 Å². The summed E-state index contributed by atoms with van der Waals surface area (Å²) >= 11 is 5.87. The van der Waals surface area contributed by atoms with Crippen molar-refractivity contribution in [3.8, 4) is 5.88 Å². The number of nitrogens with zero attached hydrogens (tertiary/aromatic N) is 3. The number of oxazole rings is 1. The van der Waals surface area contributed by atoms with E-state index in [2.05, 4.69) is 65.9 Å². The van der Waals surface area contributed by atoms with Crippen LogP contribution >= 0.6 is 11.6 Å². The monoisotopic (exact) mass is 829 g/mol. The van der Waals surface area contributed by atoms with Crippen LogP contribution in [0.3, 0.4) is 0 Å². The molecule has 0 bridgehead atoms. The minimum atomic E-state index is -0.605. The topological polar surface area (TPSA) is 185 Å². The third-order valence-electron chi connectivity index (χ3n) is 8.39. The van der Waals surface area contributed by atoms with E-state index in [0.29, 0.717) is 48.4 Å². The number of benzene rings is 1. The van der Waals surface area contributed by atoms with Crippen LogP contribution in [0.25, 0.3) is 11.1 Å². The van der Waals surface area contributed by atoms with Gasteiger partial charge >= 0.3 is 0 Å². The summed E-state index contributed by atoms with van der Waals surface area (Å²) in [5.74, 6) is -0.0913. The predicted molar refractivity (Wildman–Crippen MR) is 231 cm³/mol. The summed E-state index contributed by atoms with van der Waals surface area (Å²) in [4.78, 5) is 67.9. The molecule has 1 saturated heterocycles. The second-order valence-electron chi connectivity index (χ2n) is 14.5. The van der Waals surface area contributed by atoms with Crippen LogP contribution < -0.4 is 26.0 Å². The zero-order valence-electron chi connectivity index (χ0n) is 34.8. The Morgan fingerprint density at radius 1 is 0.966 bits per heavy atom. The van der Waals surface area contributed by atoms with Gasteiger partial charge in [-0.25, -0.2) is 4.98 Å². The van der Waals surface area contributed by atoms with E-state index >= 15 is 0 Å². The lowest BCUT2D eigenvalue weighted by Gasteiger charge is -2.29. The third-order valence-corrected chi connectivity index (χ3v) is 8.61. The van der Waals surface area contributed by atoms with Crippen molar-refractivity contribution in [2.75, 3.05) is 31.5 Å². The molecule has 2 saturated carbocycles. The second-order valence-corrected chi connectivity index (χ2v) is 15.0. The van der Waals surface area contributed by atoms with Crippen molar-refractivity contribution in [3.63, 3.8) is 0 Å². The van der Waals surface area contributed by atoms with Gasteiger partial charge < -0.3 is 35.3 Å². The first-order chi connectivity index (χ1) is 27.4. The summed E-state index contributed by atoms with van der Waals surface area (Å²) in [5, 5.41) is 11.3. The minimum Gasteiger partial charge on any atom is -0.472 e. The quantitative estimate of drug-likeness (QED) is 0.100. The van der Waals surface area contributed by atoms with Gasteiger partial charge in [0.05, 0.1) is 24.7 Å². The number of carbonyl (C=O) groups excluding carboxylic acids is 5. The Hall–Kier alpha value is -4.72. The number of amides is 4. The number of fused-ring (bicyclic) bond motifs is 1. The minimum absolute atomic E-state index is 0. The van der Waals surface area contributed by atoms with Crippen LogP contribution in [0.15, 0.2) is 47.0 Å². The van der Waals surface area contributed by atoms with Crippen molar-refractivity contribution in [1.82, 2.24) is 30.8 Å². The van der Waals surface area contributed by atoms with Crippen molar-refractivity contribution in [2.45, 2.75) is 132 Å². The Labute approximate surface area is 350 Å². The van der Waals surface area contributed by atoms with Crippen molar-refractivity contribution in [2.24, 2.45) is 11.8 Å². The Morgan fingerprint density at radius 2 is 1.62 bits per heavy atom. The maximum absolute atomic E-state index is 13.3. The molecule has 14 nitrogen and oxygen atoms in total. The molecular weight excluding hydrogens is 762 g/mol. The molecule has 6 rings (SSSR count). The Morgan fingerprint density at radius 3 is 2.21 bits per heavy atom. The van der Waals surface area contributed by atoms with Gasteiger partial charge in [0.15, 0.2) is 5.58 Å². The highest BCUT2D eigenvalue weighted by Gasteiger charge is 2.33. The fourth-order valence-corrected chi connectivity index (χ4v) is 5.79. The molecule has 1 aliphatic heterocycles. The van der Waals surface area contributed by atoms with Gasteiger partial charge in [-0.3, -0.25) is 24.0 Å². The SMILES string of the molecule is C.CC.CC(C)C.CCC.O=C(NCC(=O)N1CCC(Oc2ccc(Cl)cn2)C1)C(Nc1nc2ccccc2o1)C1CCCCC1.O=CNCC(=O)C(=O)NC1CC1. The molecule has 2 unspecified atom stereocenters. The number of carbonyl (C=O) groups is 5. The molecule has 15 heteroatoms. The molecule has 3 aliphatic rings. The molecule has 58 heavy (non-hydrogen) atoms. The fourth-order valence-electron chi connectivity index (χ4n) is 5.68. The van der Waals surface area contributed by atoms with E-state index in [1.165, 1.54) is 19.0 Å². The summed E-state index contributed by atoms with van der Waals surface area (Å²) in [5.41, 5.74) is 1.40. The van der Waals surface area contributed by atoms with Crippen LogP contribution in [-0.4, -0.2) is 89.1 Å². The number of Topliss-reactive ketones (excluding diaryl/α,β-unsaturated/α-hetero) is 1. The zero-order valence-corrected chi connectivity index (χ0v) is 35.5. The normalized spacial score (nSPS) is 16.1. The van der Waals surface area contributed by atoms with Gasteiger partial charge in [0.1, 0.15) is 17.7 Å². The van der Waals surface area contributed by atoms with Crippen LogP contribution in [0, 0.1) is 11.8 Å². The summed E-state index contributed by atoms with van der Waals surface area (Å²) in [6.45, 7) is 15.5. The lowest BCUT2D eigenvalue weighted by Crippen LogP contribution is -2.48. The second kappa shape index (κ2) is 28.6. The molecule has 3 aromatic rings. The van der Waals surface area contributed by atoms with Crippen LogP contribution in [0.5, 0.6) is 5.88 Å². The highest BCUT2D eigenvalue weighted by atomic mass is 35.5. The number of nitrogens with one attached hydrogen (secondary N) is 4. The van der Waals surface area contributed by atoms with E-state index < -0.39 is 17.7 Å². The van der Waals surface area contributed by atoms with E-state index in [4.69, 9.17) is 20.8 Å². The van der Waals surface area contributed by atoms with E-state index in [9.17, 15) is 24.0 Å². The zero-order chi connectivity index (χ0) is 42.2. The first-order valence-electron chi connectivity index (χ1n) is 20.4. The third kappa shape index (κ3) is 19.6. The highest BCUT2D eigenvalue weighted by molar-refractivity contribution is 6.37. The Balaban J connectivity index is 0.000000635. The number of para-hydroxylation sites is 2. The predicted octanol–water partition coefficient (Wildman–Crippen LogP) is 7.35. The van der Waals surface area contributed by atoms with Gasteiger partial charge in [-0.1, -0.05) is 105 Å². The summed E-state index contributed by atoms with van der Waals surface area (Å²) in [6.07, 6.45) is 10.9. The number of aromatic nitrogens is 2.